The van der Waals surface area contributed by atoms with Crippen LogP contribution in [0.25, 0.3) is 0 Å². The number of anilines is 1. The maximum Gasteiger partial charge on any atom is 0.260 e. The second kappa shape index (κ2) is 6.42. The molecule has 0 saturated heterocycles. The molecule has 0 spiro atoms. The van der Waals surface area contributed by atoms with Crippen molar-refractivity contribution in [3.63, 3.8) is 0 Å². The number of carbonyl (C=O) groups excluding carboxylic acids is 1. The molecule has 1 N–H and O–H groups in total. The van der Waals surface area contributed by atoms with Gasteiger partial charge in [0.25, 0.3) is 5.91 Å². The van der Waals surface area contributed by atoms with E-state index in [1.54, 1.807) is 18.2 Å². The van der Waals surface area contributed by atoms with Crippen LogP contribution in [-0.4, -0.2) is 12.5 Å². The summed E-state index contributed by atoms with van der Waals surface area (Å²) in [5.41, 5.74) is 1.91. The van der Waals surface area contributed by atoms with E-state index in [0.717, 1.165) is 10.4 Å². The van der Waals surface area contributed by atoms with Gasteiger partial charge in [-0.1, -0.05) is 12.1 Å². The maximum absolute atomic E-state index is 12.4. The SMILES string of the molecule is CCOc1ccccc1C(=O)Nc1sc(C)c(C)c1C#N. The molecule has 4 nitrogen and oxygen atoms in total. The first-order chi connectivity index (χ1) is 10.1. The number of hydrogen-bond donors (Lipinski definition) is 1. The highest BCUT2D eigenvalue weighted by Gasteiger charge is 2.17. The van der Waals surface area contributed by atoms with Gasteiger partial charge in [0.15, 0.2) is 0 Å². The van der Waals surface area contributed by atoms with Gasteiger partial charge in [-0.05, 0) is 38.5 Å². The lowest BCUT2D eigenvalue weighted by Gasteiger charge is -2.09. The highest BCUT2D eigenvalue weighted by molar-refractivity contribution is 7.16. The van der Waals surface area contributed by atoms with Crippen LogP contribution in [0.5, 0.6) is 5.75 Å². The summed E-state index contributed by atoms with van der Waals surface area (Å²) in [6, 6.07) is 9.22. The van der Waals surface area contributed by atoms with Crippen LogP contribution in [0.1, 0.15) is 33.3 Å². The molecule has 0 aliphatic carbocycles. The molecule has 0 aliphatic rings. The minimum absolute atomic E-state index is 0.267. The molecule has 0 atom stereocenters. The fraction of sp³-hybridized carbons (Fsp3) is 0.250. The molecule has 1 aromatic heterocycles. The Morgan fingerprint density at radius 3 is 2.76 bits per heavy atom. The Morgan fingerprint density at radius 1 is 1.38 bits per heavy atom. The highest BCUT2D eigenvalue weighted by Crippen LogP contribution is 2.32. The van der Waals surface area contributed by atoms with Crippen LogP contribution in [0.2, 0.25) is 0 Å². The number of carbonyl (C=O) groups is 1. The van der Waals surface area contributed by atoms with Crippen molar-refractivity contribution in [3.8, 4) is 11.8 Å². The van der Waals surface area contributed by atoms with E-state index in [2.05, 4.69) is 11.4 Å². The van der Waals surface area contributed by atoms with Gasteiger partial charge in [-0.3, -0.25) is 4.79 Å². The number of hydrogen-bond acceptors (Lipinski definition) is 4. The highest BCUT2D eigenvalue weighted by atomic mass is 32.1. The molecule has 2 rings (SSSR count). The van der Waals surface area contributed by atoms with Crippen molar-refractivity contribution in [1.82, 2.24) is 0 Å². The average molecular weight is 300 g/mol. The van der Waals surface area contributed by atoms with Crippen molar-refractivity contribution in [1.29, 1.82) is 5.26 Å². The Hall–Kier alpha value is -2.32. The number of aryl methyl sites for hydroxylation is 1. The van der Waals surface area contributed by atoms with Crippen LogP contribution in [0, 0.1) is 25.2 Å². The third-order valence-electron chi connectivity index (χ3n) is 3.16. The second-order valence-electron chi connectivity index (χ2n) is 4.48. The van der Waals surface area contributed by atoms with Crippen LogP contribution in [0.15, 0.2) is 24.3 Å². The van der Waals surface area contributed by atoms with Gasteiger partial charge in [0.2, 0.25) is 0 Å². The van der Waals surface area contributed by atoms with Gasteiger partial charge >= 0.3 is 0 Å². The van der Waals surface area contributed by atoms with Crippen LogP contribution in [0.4, 0.5) is 5.00 Å². The first kappa shape index (κ1) is 15.1. The molecule has 1 heterocycles. The number of benzene rings is 1. The lowest BCUT2D eigenvalue weighted by molar-refractivity contribution is 0.102. The number of para-hydroxylation sites is 1. The third kappa shape index (κ3) is 3.06. The van der Waals surface area contributed by atoms with Crippen molar-refractivity contribution >= 4 is 22.2 Å². The smallest absolute Gasteiger partial charge is 0.260 e. The van der Waals surface area contributed by atoms with Crippen LogP contribution >= 0.6 is 11.3 Å². The van der Waals surface area contributed by atoms with Gasteiger partial charge in [-0.25, -0.2) is 0 Å². The monoisotopic (exact) mass is 300 g/mol. The first-order valence-electron chi connectivity index (χ1n) is 6.61. The molecule has 2 aromatic rings. The molecule has 0 bridgehead atoms. The molecule has 21 heavy (non-hydrogen) atoms. The Kier molecular flexibility index (Phi) is 4.61. The Bertz CT molecular complexity index is 714. The Morgan fingerprint density at radius 2 is 2.10 bits per heavy atom. The van der Waals surface area contributed by atoms with Crippen molar-refractivity contribution in [2.45, 2.75) is 20.8 Å². The zero-order valence-electron chi connectivity index (χ0n) is 12.2. The van der Waals surface area contributed by atoms with Gasteiger partial charge < -0.3 is 10.1 Å². The number of thiophene rings is 1. The maximum atomic E-state index is 12.4. The summed E-state index contributed by atoms with van der Waals surface area (Å²) in [5.74, 6) is 0.276. The van der Waals surface area contributed by atoms with Gasteiger partial charge in [-0.2, -0.15) is 5.26 Å². The second-order valence-corrected chi connectivity index (χ2v) is 5.71. The van der Waals surface area contributed by atoms with Crippen LogP contribution in [-0.2, 0) is 0 Å². The third-order valence-corrected chi connectivity index (χ3v) is 4.28. The van der Waals surface area contributed by atoms with Gasteiger partial charge in [0, 0.05) is 4.88 Å². The minimum atomic E-state index is -0.267. The van der Waals surface area contributed by atoms with Crippen LogP contribution < -0.4 is 10.1 Å². The molecule has 0 unspecified atom stereocenters. The van der Waals surface area contributed by atoms with Crippen molar-refractivity contribution < 1.29 is 9.53 Å². The first-order valence-corrected chi connectivity index (χ1v) is 7.43. The van der Waals surface area contributed by atoms with Gasteiger partial charge in [0.1, 0.15) is 16.8 Å². The molecule has 0 saturated carbocycles. The van der Waals surface area contributed by atoms with E-state index in [1.807, 2.05) is 26.8 Å². The molecule has 5 heteroatoms. The molecular weight excluding hydrogens is 284 g/mol. The lowest BCUT2D eigenvalue weighted by atomic mass is 10.1. The summed E-state index contributed by atoms with van der Waals surface area (Å²) in [5, 5.41) is 12.6. The summed E-state index contributed by atoms with van der Waals surface area (Å²) in [6.07, 6.45) is 0. The topological polar surface area (TPSA) is 62.1 Å². The summed E-state index contributed by atoms with van der Waals surface area (Å²) in [7, 11) is 0. The van der Waals surface area contributed by atoms with Gasteiger partial charge in [0.05, 0.1) is 17.7 Å². The quantitative estimate of drug-likeness (QED) is 0.931. The van der Waals surface area contributed by atoms with E-state index in [9.17, 15) is 10.1 Å². The molecule has 0 aliphatic heterocycles. The lowest BCUT2D eigenvalue weighted by Crippen LogP contribution is -2.13. The van der Waals surface area contributed by atoms with E-state index in [4.69, 9.17) is 4.74 Å². The molecule has 0 fully saturated rings. The Balaban J connectivity index is 2.31. The number of nitrogens with zero attached hydrogens (tertiary/aromatic N) is 1. The van der Waals surface area contributed by atoms with E-state index in [-0.39, 0.29) is 5.91 Å². The molecule has 1 aromatic carbocycles. The summed E-state index contributed by atoms with van der Waals surface area (Å²) >= 11 is 1.41. The fourth-order valence-corrected chi connectivity index (χ4v) is 2.96. The van der Waals surface area contributed by atoms with Crippen molar-refractivity contribution in [3.05, 3.63) is 45.8 Å². The zero-order chi connectivity index (χ0) is 15.4. The number of amides is 1. The van der Waals surface area contributed by atoms with E-state index in [0.29, 0.717) is 28.5 Å². The minimum Gasteiger partial charge on any atom is -0.493 e. The summed E-state index contributed by atoms with van der Waals surface area (Å²) in [4.78, 5) is 13.4. The van der Waals surface area contributed by atoms with Crippen LogP contribution in [0.3, 0.4) is 0 Å². The fourth-order valence-electron chi connectivity index (χ4n) is 1.96. The Labute approximate surface area is 128 Å². The predicted octanol–water partition coefficient (Wildman–Crippen LogP) is 3.89. The zero-order valence-corrected chi connectivity index (χ0v) is 13.0. The van der Waals surface area contributed by atoms with E-state index in [1.165, 1.54) is 11.3 Å². The summed E-state index contributed by atoms with van der Waals surface area (Å²) < 4.78 is 5.46. The number of nitrogens with one attached hydrogen (secondary N) is 1. The predicted molar refractivity (Wildman–Crippen MR) is 84.1 cm³/mol. The molecule has 0 radical (unpaired) electrons. The summed E-state index contributed by atoms with van der Waals surface area (Å²) in [6.45, 7) is 6.18. The molecular formula is C16H16N2O2S. The normalized spacial score (nSPS) is 10.0. The van der Waals surface area contributed by atoms with E-state index < -0.39 is 0 Å². The molecule has 108 valence electrons. The largest absolute Gasteiger partial charge is 0.493 e. The van der Waals surface area contributed by atoms with Crippen molar-refractivity contribution in [2.75, 3.05) is 11.9 Å². The number of rotatable bonds is 4. The van der Waals surface area contributed by atoms with E-state index >= 15 is 0 Å². The average Bonchev–Trinajstić information content (AvgIpc) is 2.74. The number of nitriles is 1. The number of ether oxygens (including phenoxy) is 1. The molecule has 1 amide bonds. The van der Waals surface area contributed by atoms with Gasteiger partial charge in [-0.15, -0.1) is 11.3 Å². The van der Waals surface area contributed by atoms with Crippen molar-refractivity contribution in [2.24, 2.45) is 0 Å². The standard InChI is InChI=1S/C16H16N2O2S/c1-4-20-14-8-6-5-7-12(14)15(19)18-16-13(9-17)10(2)11(3)21-16/h5-8H,4H2,1-3H3,(H,18,19).